The number of aliphatic carboxylic acids is 1. The number of carbonyl (C=O) groups excluding carboxylic acids is 11. The van der Waals surface area contributed by atoms with Crippen LogP contribution in [-0.2, 0) is 57.5 Å². The number of carboxylic acids is 1. The fraction of sp³-hybridized carbons (Fsp3) is 0.769. The molecule has 12 N–H and O–H groups in total. The standard InChI is InChI=1S/C52H86N12O13/c1-29(2)25-36(58-41(67)33-13-11-23-55-33)44(70)56-34(14-9-21-53-27-65)42(68)60-39(31(5)6)47(73)62-51(17-18-51)49(75)64-24-12-16-38(64)46(72)59-37(26-30(3)4)45(71)57-35(15-10-22-54-28-66)43(69)61-40(32(7)8)48(74)63-52(19-20-52)50(76)77/h27-40,55H,9-26H2,1-8H3,(H,53,65)(H,54,66)(H,56,70)(H,57,71)(H,58,67)(H,59,72)(H,60,68)(H,61,69)(H,62,73)(H,63,74)(H,76,77)/t33-,34+,35+,36+,37+,38-,39+,40+/m1/s1. The molecule has 0 aromatic carbocycles. The van der Waals surface area contributed by atoms with Gasteiger partial charge in [-0.3, -0.25) is 52.7 Å². The summed E-state index contributed by atoms with van der Waals surface area (Å²) in [6.45, 7) is 15.4. The van der Waals surface area contributed by atoms with Crippen molar-refractivity contribution in [1.82, 2.24) is 63.4 Å². The molecule has 0 radical (unpaired) electrons. The predicted molar refractivity (Wildman–Crippen MR) is 280 cm³/mol. The van der Waals surface area contributed by atoms with Crippen molar-refractivity contribution in [1.29, 1.82) is 0 Å². The molecule has 2 saturated carbocycles. The maximum Gasteiger partial charge on any atom is 0.329 e. The first kappa shape index (κ1) is 63.1. The summed E-state index contributed by atoms with van der Waals surface area (Å²) in [7, 11) is 0. The first-order chi connectivity index (χ1) is 36.4. The molecular formula is C52H86N12O13. The van der Waals surface area contributed by atoms with Crippen molar-refractivity contribution in [3.05, 3.63) is 0 Å². The zero-order valence-electron chi connectivity index (χ0n) is 46.1. The number of rotatable bonds is 34. The average Bonchev–Trinajstić information content (AvgIpc) is 4.18. The number of hydrogen-bond acceptors (Lipinski definition) is 13. The summed E-state index contributed by atoms with van der Waals surface area (Å²) in [5.74, 6) is -7.87. The SMILES string of the molecule is CC(C)C[C@H](NC(=O)[C@H]1CCCN1C(=O)C1(NC(=O)[C@@H](NC(=O)[C@H](CCCNC=O)NC(=O)[C@H](CC(C)C)NC(=O)[C@H]2CCCN2)C(C)C)CC1)C(=O)N[C@@H](CCCNC=O)C(=O)N[C@H](C(=O)NC1(C(=O)O)CC1)C(C)C. The van der Waals surface area contributed by atoms with Gasteiger partial charge in [0.1, 0.15) is 53.4 Å². The molecule has 2 saturated heterocycles. The zero-order chi connectivity index (χ0) is 57.2. The minimum Gasteiger partial charge on any atom is -0.480 e. The lowest BCUT2D eigenvalue weighted by atomic mass is 9.99. The van der Waals surface area contributed by atoms with E-state index in [1.54, 1.807) is 27.7 Å². The Labute approximate surface area is 451 Å². The van der Waals surface area contributed by atoms with Gasteiger partial charge in [-0.2, -0.15) is 0 Å². The van der Waals surface area contributed by atoms with Crippen molar-refractivity contribution in [2.24, 2.45) is 23.7 Å². The van der Waals surface area contributed by atoms with Crippen LogP contribution in [0.5, 0.6) is 0 Å². The molecule has 25 nitrogen and oxygen atoms in total. The van der Waals surface area contributed by atoms with Crippen molar-refractivity contribution < 1.29 is 62.6 Å². The van der Waals surface area contributed by atoms with Gasteiger partial charge in [0.05, 0.1) is 6.04 Å². The van der Waals surface area contributed by atoms with Crippen molar-refractivity contribution in [2.45, 2.75) is 205 Å². The lowest BCUT2D eigenvalue weighted by Gasteiger charge is -2.32. The first-order valence-electron chi connectivity index (χ1n) is 27.5. The Morgan fingerprint density at radius 2 is 1.00 bits per heavy atom. The van der Waals surface area contributed by atoms with E-state index in [0.29, 0.717) is 38.6 Å². The Morgan fingerprint density at radius 3 is 1.39 bits per heavy atom. The Kier molecular flexibility index (Phi) is 24.1. The van der Waals surface area contributed by atoms with Gasteiger partial charge in [-0.05, 0) is 120 Å². The van der Waals surface area contributed by atoms with Crippen LogP contribution in [-0.4, -0.2) is 168 Å². The van der Waals surface area contributed by atoms with E-state index in [1.165, 1.54) is 4.90 Å². The second-order valence-corrected chi connectivity index (χ2v) is 22.6. The van der Waals surface area contributed by atoms with Gasteiger partial charge in [0.2, 0.25) is 66.0 Å². The molecule has 432 valence electrons. The summed E-state index contributed by atoms with van der Waals surface area (Å²) >= 11 is 0. The number of amides is 11. The van der Waals surface area contributed by atoms with Crippen molar-refractivity contribution in [2.75, 3.05) is 26.2 Å². The van der Waals surface area contributed by atoms with Gasteiger partial charge in [-0.25, -0.2) is 4.79 Å². The fourth-order valence-corrected chi connectivity index (χ4v) is 9.67. The third-order valence-corrected chi connectivity index (χ3v) is 14.5. The number of nitrogens with one attached hydrogen (secondary N) is 11. The highest BCUT2D eigenvalue weighted by Gasteiger charge is 2.56. The molecule has 0 aromatic heterocycles. The molecule has 4 aliphatic rings. The number of nitrogens with zero attached hydrogens (tertiary/aromatic N) is 1. The molecule has 77 heavy (non-hydrogen) atoms. The highest BCUT2D eigenvalue weighted by molar-refractivity contribution is 6.01. The van der Waals surface area contributed by atoms with E-state index in [9.17, 15) is 62.6 Å². The van der Waals surface area contributed by atoms with Gasteiger partial charge < -0.3 is 68.5 Å². The minimum absolute atomic E-state index is 0.00412. The van der Waals surface area contributed by atoms with Gasteiger partial charge in [0, 0.05) is 19.6 Å². The normalized spacial score (nSPS) is 20.3. The molecular weight excluding hydrogens is 1000 g/mol. The van der Waals surface area contributed by atoms with E-state index in [-0.39, 0.29) is 102 Å². The quantitative estimate of drug-likeness (QED) is 0.0257. The third kappa shape index (κ3) is 18.6. The molecule has 4 fully saturated rings. The third-order valence-electron chi connectivity index (χ3n) is 14.5. The van der Waals surface area contributed by atoms with Crippen LogP contribution in [0.2, 0.25) is 0 Å². The van der Waals surface area contributed by atoms with Gasteiger partial charge in [0.15, 0.2) is 0 Å². The molecule has 0 bridgehead atoms. The van der Waals surface area contributed by atoms with E-state index in [2.05, 4.69) is 58.5 Å². The van der Waals surface area contributed by atoms with E-state index < -0.39 is 124 Å². The second-order valence-electron chi connectivity index (χ2n) is 22.6. The number of carboxylic acid groups (broad SMARTS) is 1. The summed E-state index contributed by atoms with van der Waals surface area (Å²) in [4.78, 5) is 160. The van der Waals surface area contributed by atoms with Crippen LogP contribution in [0.25, 0.3) is 0 Å². The summed E-state index contributed by atoms with van der Waals surface area (Å²) in [5, 5.41) is 39.8. The molecule has 2 aliphatic heterocycles. The predicted octanol–water partition coefficient (Wildman–Crippen LogP) is -1.52. The molecule has 0 aromatic rings. The lowest BCUT2D eigenvalue weighted by Crippen LogP contribution is -2.62. The highest BCUT2D eigenvalue weighted by Crippen LogP contribution is 2.40. The van der Waals surface area contributed by atoms with E-state index in [1.807, 2.05) is 27.7 Å². The minimum atomic E-state index is -1.41. The highest BCUT2D eigenvalue weighted by atomic mass is 16.4. The van der Waals surface area contributed by atoms with Crippen LogP contribution >= 0.6 is 0 Å². The summed E-state index contributed by atoms with van der Waals surface area (Å²) in [6, 6.07) is -8.38. The Morgan fingerprint density at radius 1 is 0.558 bits per heavy atom. The Bertz CT molecular complexity index is 2120. The van der Waals surface area contributed by atoms with Crippen molar-refractivity contribution in [3.8, 4) is 0 Å². The maximum atomic E-state index is 14.5. The van der Waals surface area contributed by atoms with Gasteiger partial charge in [0.25, 0.3) is 0 Å². The van der Waals surface area contributed by atoms with Crippen LogP contribution in [0, 0.1) is 23.7 Å². The van der Waals surface area contributed by atoms with E-state index >= 15 is 0 Å². The molecule has 0 unspecified atom stereocenters. The topological polar surface area (TPSA) is 361 Å². The largest absolute Gasteiger partial charge is 0.480 e. The Balaban J connectivity index is 1.46. The van der Waals surface area contributed by atoms with Crippen LogP contribution < -0.4 is 58.5 Å². The average molecular weight is 1090 g/mol. The van der Waals surface area contributed by atoms with Crippen LogP contribution in [0.15, 0.2) is 0 Å². The van der Waals surface area contributed by atoms with Gasteiger partial charge >= 0.3 is 5.97 Å². The molecule has 2 aliphatic carbocycles. The summed E-state index contributed by atoms with van der Waals surface area (Å²) < 4.78 is 0. The molecule has 2 heterocycles. The summed E-state index contributed by atoms with van der Waals surface area (Å²) in [5.41, 5.74) is -2.80. The monoisotopic (exact) mass is 1090 g/mol. The number of carbonyl (C=O) groups is 12. The smallest absolute Gasteiger partial charge is 0.329 e. The van der Waals surface area contributed by atoms with Crippen LogP contribution in [0.1, 0.15) is 145 Å². The molecule has 0 spiro atoms. The van der Waals surface area contributed by atoms with Gasteiger partial charge in [-0.15, -0.1) is 0 Å². The number of hydrogen-bond donors (Lipinski definition) is 12. The van der Waals surface area contributed by atoms with Crippen molar-refractivity contribution >= 4 is 72.0 Å². The number of likely N-dealkylation sites (tertiary alicyclic amines) is 1. The van der Waals surface area contributed by atoms with E-state index in [4.69, 9.17) is 0 Å². The van der Waals surface area contributed by atoms with Gasteiger partial charge in [-0.1, -0.05) is 55.4 Å². The maximum absolute atomic E-state index is 14.5. The Hall–Kier alpha value is -6.40. The fourth-order valence-electron chi connectivity index (χ4n) is 9.67. The zero-order valence-corrected chi connectivity index (χ0v) is 46.1. The second kappa shape index (κ2) is 29.4. The molecule has 11 amide bonds. The first-order valence-corrected chi connectivity index (χ1v) is 27.5. The van der Waals surface area contributed by atoms with Crippen LogP contribution in [0.4, 0.5) is 0 Å². The summed E-state index contributed by atoms with van der Waals surface area (Å²) in [6.07, 6.45) is 5.11. The van der Waals surface area contributed by atoms with Crippen LogP contribution in [0.3, 0.4) is 0 Å². The molecule has 8 atom stereocenters. The van der Waals surface area contributed by atoms with Crippen molar-refractivity contribution in [3.63, 3.8) is 0 Å². The van der Waals surface area contributed by atoms with E-state index in [0.717, 1.165) is 6.42 Å². The lowest BCUT2D eigenvalue weighted by molar-refractivity contribution is -0.144. The molecule has 4 rings (SSSR count). The molecule has 25 heteroatoms.